The van der Waals surface area contributed by atoms with Gasteiger partial charge in [0.05, 0.1) is 28.3 Å². The van der Waals surface area contributed by atoms with Crippen molar-refractivity contribution in [2.24, 2.45) is 0 Å². The summed E-state index contributed by atoms with van der Waals surface area (Å²) in [5, 5.41) is 9.42. The SMILES string of the molecule is Cc1ccc(N(c2ccc(C(=O)O)cc2N(c2ccc(C)cc2)[SH](=O)=O)[SH](=O)=O)cc1. The van der Waals surface area contributed by atoms with Gasteiger partial charge in [-0.3, -0.25) is 0 Å². The summed E-state index contributed by atoms with van der Waals surface area (Å²) in [7, 11) is -6.50. The van der Waals surface area contributed by atoms with Crippen LogP contribution in [0.15, 0.2) is 66.7 Å². The smallest absolute Gasteiger partial charge is 0.335 e. The third kappa shape index (κ3) is 4.86. The van der Waals surface area contributed by atoms with E-state index in [0.29, 0.717) is 0 Å². The molecule has 0 bridgehead atoms. The van der Waals surface area contributed by atoms with Crippen molar-refractivity contribution in [2.75, 3.05) is 8.61 Å². The van der Waals surface area contributed by atoms with E-state index >= 15 is 0 Å². The van der Waals surface area contributed by atoms with Gasteiger partial charge in [0.1, 0.15) is 0 Å². The van der Waals surface area contributed by atoms with Crippen LogP contribution in [0.5, 0.6) is 0 Å². The van der Waals surface area contributed by atoms with Crippen molar-refractivity contribution in [3.63, 3.8) is 0 Å². The highest BCUT2D eigenvalue weighted by atomic mass is 32.2. The summed E-state index contributed by atoms with van der Waals surface area (Å²) in [5.41, 5.74) is 2.07. The first kappa shape index (κ1) is 22.3. The molecule has 0 spiro atoms. The van der Waals surface area contributed by atoms with Crippen LogP contribution in [0.1, 0.15) is 21.5 Å². The minimum atomic E-state index is -3.28. The van der Waals surface area contributed by atoms with Crippen LogP contribution >= 0.6 is 0 Å². The predicted octanol–water partition coefficient (Wildman–Crippen LogP) is 3.33. The first-order chi connectivity index (χ1) is 14.7. The predicted molar refractivity (Wildman–Crippen MR) is 121 cm³/mol. The molecule has 3 rings (SSSR count). The topological polar surface area (TPSA) is 112 Å². The van der Waals surface area contributed by atoms with E-state index in [1.165, 1.54) is 12.1 Å². The molecule has 0 unspecified atom stereocenters. The number of carboxylic acid groups (broad SMARTS) is 1. The molecule has 0 aliphatic carbocycles. The van der Waals surface area contributed by atoms with Crippen LogP contribution in [0, 0.1) is 13.8 Å². The molecule has 0 fully saturated rings. The average molecular weight is 461 g/mol. The number of aromatic carboxylic acids is 1. The second kappa shape index (κ2) is 9.19. The molecule has 0 saturated carbocycles. The fourth-order valence-corrected chi connectivity index (χ4v) is 4.34. The van der Waals surface area contributed by atoms with Gasteiger partial charge >= 0.3 is 5.97 Å². The van der Waals surface area contributed by atoms with Crippen molar-refractivity contribution in [3.8, 4) is 0 Å². The van der Waals surface area contributed by atoms with Crippen molar-refractivity contribution in [1.82, 2.24) is 0 Å². The zero-order chi connectivity index (χ0) is 22.7. The number of anilines is 4. The van der Waals surface area contributed by atoms with Crippen molar-refractivity contribution in [1.29, 1.82) is 0 Å². The van der Waals surface area contributed by atoms with Crippen LogP contribution < -0.4 is 8.61 Å². The lowest BCUT2D eigenvalue weighted by Gasteiger charge is -2.26. The van der Waals surface area contributed by atoms with Crippen LogP contribution in [0.2, 0.25) is 0 Å². The molecule has 0 radical (unpaired) electrons. The minimum absolute atomic E-state index is 0.00439. The first-order valence-electron chi connectivity index (χ1n) is 9.08. The maximum Gasteiger partial charge on any atom is 0.335 e. The van der Waals surface area contributed by atoms with Crippen molar-refractivity contribution in [3.05, 3.63) is 83.4 Å². The number of hydrogen-bond donors (Lipinski definition) is 3. The molecule has 31 heavy (non-hydrogen) atoms. The molecule has 3 aromatic carbocycles. The summed E-state index contributed by atoms with van der Waals surface area (Å²) in [6, 6.07) is 16.8. The molecule has 0 aliphatic rings. The van der Waals surface area contributed by atoms with E-state index in [4.69, 9.17) is 0 Å². The largest absolute Gasteiger partial charge is 0.478 e. The van der Waals surface area contributed by atoms with E-state index < -0.39 is 27.7 Å². The van der Waals surface area contributed by atoms with Gasteiger partial charge in [0, 0.05) is 0 Å². The maximum absolute atomic E-state index is 12.2. The van der Waals surface area contributed by atoms with Gasteiger partial charge in [-0.15, -0.1) is 0 Å². The molecule has 0 saturated heterocycles. The van der Waals surface area contributed by atoms with E-state index in [0.717, 1.165) is 25.8 Å². The number of benzene rings is 3. The zero-order valence-electron chi connectivity index (χ0n) is 16.6. The Labute approximate surface area is 183 Å². The Morgan fingerprint density at radius 3 is 1.48 bits per heavy atom. The Hall–Kier alpha value is -3.37. The number of rotatable bonds is 7. The quantitative estimate of drug-likeness (QED) is 0.466. The highest BCUT2D eigenvalue weighted by Crippen LogP contribution is 2.39. The Morgan fingerprint density at radius 2 is 1.10 bits per heavy atom. The first-order valence-corrected chi connectivity index (χ1v) is 11.3. The van der Waals surface area contributed by atoms with Crippen LogP contribution in [0.3, 0.4) is 0 Å². The van der Waals surface area contributed by atoms with Gasteiger partial charge in [0.15, 0.2) is 0 Å². The van der Waals surface area contributed by atoms with Crippen LogP contribution in [0.4, 0.5) is 22.7 Å². The lowest BCUT2D eigenvalue weighted by atomic mass is 10.1. The van der Waals surface area contributed by atoms with Gasteiger partial charge in [-0.05, 0) is 56.3 Å². The molecule has 0 aromatic heterocycles. The van der Waals surface area contributed by atoms with E-state index in [1.54, 1.807) is 48.5 Å². The number of hydrogen-bond acceptors (Lipinski definition) is 5. The molecule has 0 amide bonds. The van der Waals surface area contributed by atoms with E-state index in [-0.39, 0.29) is 28.3 Å². The van der Waals surface area contributed by atoms with Crippen molar-refractivity contribution >= 4 is 50.5 Å². The highest BCUT2D eigenvalue weighted by Gasteiger charge is 2.24. The van der Waals surface area contributed by atoms with E-state index in [2.05, 4.69) is 0 Å². The van der Waals surface area contributed by atoms with Crippen LogP contribution in [-0.4, -0.2) is 27.9 Å². The Kier molecular flexibility index (Phi) is 6.62. The molecule has 162 valence electrons. The van der Waals surface area contributed by atoms with Crippen molar-refractivity contribution < 1.29 is 26.7 Å². The molecule has 0 aliphatic heterocycles. The Balaban J connectivity index is 2.30. The molecule has 0 atom stereocenters. The summed E-state index contributed by atoms with van der Waals surface area (Å²) < 4.78 is 50.7. The number of thiol groups is 2. The van der Waals surface area contributed by atoms with Crippen molar-refractivity contribution in [2.45, 2.75) is 13.8 Å². The third-order valence-corrected chi connectivity index (χ3v) is 6.11. The Bertz CT molecular complexity index is 1250. The second-order valence-corrected chi connectivity index (χ2v) is 8.53. The second-order valence-electron chi connectivity index (χ2n) is 6.78. The van der Waals surface area contributed by atoms with Gasteiger partial charge in [-0.1, -0.05) is 35.4 Å². The highest BCUT2D eigenvalue weighted by molar-refractivity contribution is 7.75. The van der Waals surface area contributed by atoms with Gasteiger partial charge in [-0.25, -0.2) is 30.2 Å². The zero-order valence-corrected chi connectivity index (χ0v) is 18.4. The lowest BCUT2D eigenvalue weighted by molar-refractivity contribution is 0.0697. The Morgan fingerprint density at radius 1 is 0.677 bits per heavy atom. The number of carbonyl (C=O) groups is 1. The standard InChI is InChI=1S/C21H20N2O6S2/c1-14-3-8-17(9-4-14)22(30(26)27)19-12-7-16(21(24)25)13-20(19)23(31(28)29)18-10-5-15(2)6-11-18/h3-13,30-31H,1-2H3,(H,24,25). The fourth-order valence-electron chi connectivity index (χ4n) is 3.02. The molecule has 1 N–H and O–H groups in total. The summed E-state index contributed by atoms with van der Waals surface area (Å²) in [6.07, 6.45) is 0. The van der Waals surface area contributed by atoms with E-state index in [1.807, 2.05) is 13.8 Å². The molecule has 10 heteroatoms. The van der Waals surface area contributed by atoms with Gasteiger partial charge in [-0.2, -0.15) is 0 Å². The van der Waals surface area contributed by atoms with Crippen LogP contribution in [0.25, 0.3) is 0 Å². The normalized spacial score (nSPS) is 11.0. The lowest BCUT2D eigenvalue weighted by Crippen LogP contribution is -2.21. The molecule has 0 heterocycles. The molecular formula is C21H20N2O6S2. The summed E-state index contributed by atoms with van der Waals surface area (Å²) in [5.74, 6) is -1.27. The fraction of sp³-hybridized carbons (Fsp3) is 0.0952. The average Bonchev–Trinajstić information content (AvgIpc) is 2.71. The number of nitrogens with zero attached hydrogens (tertiary/aromatic N) is 2. The van der Waals surface area contributed by atoms with Crippen LogP contribution in [-0.2, 0) is 21.8 Å². The maximum atomic E-state index is 12.2. The summed E-state index contributed by atoms with van der Waals surface area (Å²) >= 11 is 0. The minimum Gasteiger partial charge on any atom is -0.478 e. The summed E-state index contributed by atoms with van der Waals surface area (Å²) in [4.78, 5) is 11.5. The molecule has 3 aromatic rings. The summed E-state index contributed by atoms with van der Waals surface area (Å²) in [6.45, 7) is 3.68. The molecule has 8 nitrogen and oxygen atoms in total. The van der Waals surface area contributed by atoms with Gasteiger partial charge in [0.2, 0.25) is 21.8 Å². The van der Waals surface area contributed by atoms with Gasteiger partial charge in [0.25, 0.3) is 0 Å². The number of carboxylic acids is 1. The monoisotopic (exact) mass is 460 g/mol. The van der Waals surface area contributed by atoms with Gasteiger partial charge < -0.3 is 5.11 Å². The third-order valence-electron chi connectivity index (χ3n) is 4.56. The number of aryl methyl sites for hydroxylation is 2. The molecular weight excluding hydrogens is 440 g/mol. The van der Waals surface area contributed by atoms with E-state index in [9.17, 15) is 26.7 Å².